The lowest BCUT2D eigenvalue weighted by molar-refractivity contribution is -0.114. The molecule has 6 nitrogen and oxygen atoms in total. The molecule has 1 aliphatic heterocycles. The van der Waals surface area contributed by atoms with E-state index in [1.54, 1.807) is 12.3 Å². The molecule has 3 aliphatic rings. The number of Topliss-reactive ketones (excluding diaryl/α,β-unsaturated/α-hetero) is 1. The number of aromatic nitrogens is 1. The largest absolute Gasteiger partial charge is 0.384 e. The van der Waals surface area contributed by atoms with Crippen LogP contribution in [0.2, 0.25) is 0 Å². The predicted molar refractivity (Wildman–Crippen MR) is 117 cm³/mol. The molecule has 2 bridgehead atoms. The molecule has 1 aromatic heterocycles. The molecule has 2 saturated carbocycles. The molecular formula is C24H30N4O2. The summed E-state index contributed by atoms with van der Waals surface area (Å²) in [6.45, 7) is 4.51. The molecular weight excluding hydrogens is 376 g/mol. The van der Waals surface area contributed by atoms with E-state index in [2.05, 4.69) is 26.7 Å². The highest BCUT2D eigenvalue weighted by atomic mass is 16.2. The number of nitrogens with zero attached hydrogens (tertiary/aromatic N) is 2. The zero-order valence-electron chi connectivity index (χ0n) is 17.8. The van der Waals surface area contributed by atoms with E-state index in [4.69, 9.17) is 0 Å². The van der Waals surface area contributed by atoms with Crippen LogP contribution in [0.15, 0.2) is 47.2 Å². The summed E-state index contributed by atoms with van der Waals surface area (Å²) in [6.07, 6.45) is 12.5. The second kappa shape index (κ2) is 8.17. The summed E-state index contributed by atoms with van der Waals surface area (Å²) in [7, 11) is 0. The third kappa shape index (κ3) is 4.37. The van der Waals surface area contributed by atoms with Crippen LogP contribution in [-0.4, -0.2) is 34.5 Å². The first-order valence-corrected chi connectivity index (χ1v) is 10.8. The van der Waals surface area contributed by atoms with Crippen molar-refractivity contribution in [3.05, 3.63) is 53.6 Å². The van der Waals surface area contributed by atoms with Crippen molar-refractivity contribution in [3.8, 4) is 0 Å². The molecule has 2 atom stereocenters. The molecule has 1 amide bonds. The van der Waals surface area contributed by atoms with Gasteiger partial charge >= 0.3 is 0 Å². The average molecular weight is 407 g/mol. The highest BCUT2D eigenvalue weighted by molar-refractivity contribution is 6.00. The van der Waals surface area contributed by atoms with Crippen LogP contribution >= 0.6 is 0 Å². The standard InChI is InChI=1S/C24H30N4O2/c1-17-6-3-7-19(26-17)22(30)28-24-11-5-10-23(16-24,12-13-24)9-4-8-21(29)20-15-25-14-18(2)27-20/h3-4,6-7,9,15,25H,5,8,10-14,16H2,1-2H3,(H,28,30)/b9-4+/t23-,24-/m0/s1. The molecule has 0 spiro atoms. The molecule has 0 aromatic carbocycles. The van der Waals surface area contributed by atoms with Crippen LogP contribution in [-0.2, 0) is 4.79 Å². The van der Waals surface area contributed by atoms with Gasteiger partial charge in [-0.25, -0.2) is 4.98 Å². The SMILES string of the molecule is CC1=NC(C(=O)C/C=C/[C@]23CCC[C@](NC(=O)c4cccc(C)n4)(CC2)C3)=CNC1. The fourth-order valence-electron chi connectivity index (χ4n) is 5.15. The van der Waals surface area contributed by atoms with E-state index in [0.717, 1.165) is 49.9 Å². The van der Waals surface area contributed by atoms with Crippen molar-refractivity contribution in [3.63, 3.8) is 0 Å². The number of fused-ring (bicyclic) bond motifs is 2. The Balaban J connectivity index is 1.40. The van der Waals surface area contributed by atoms with Crippen molar-refractivity contribution in [2.45, 2.75) is 64.3 Å². The number of hydrogen-bond donors (Lipinski definition) is 2. The van der Waals surface area contributed by atoms with Crippen LogP contribution in [0.4, 0.5) is 0 Å². The summed E-state index contributed by atoms with van der Waals surface area (Å²) in [5.74, 6) is -0.0476. The van der Waals surface area contributed by atoms with Gasteiger partial charge in [0.05, 0.1) is 6.54 Å². The lowest BCUT2D eigenvalue weighted by atomic mass is 9.72. The zero-order valence-corrected chi connectivity index (χ0v) is 17.8. The number of hydrogen-bond acceptors (Lipinski definition) is 5. The van der Waals surface area contributed by atoms with Crippen molar-refractivity contribution in [1.29, 1.82) is 0 Å². The van der Waals surface area contributed by atoms with Gasteiger partial charge in [0.15, 0.2) is 5.78 Å². The van der Waals surface area contributed by atoms with Crippen molar-refractivity contribution in [1.82, 2.24) is 15.6 Å². The third-order valence-electron chi connectivity index (χ3n) is 6.59. The maximum absolute atomic E-state index is 12.8. The number of carbonyl (C=O) groups excluding carboxylic acids is 2. The summed E-state index contributed by atoms with van der Waals surface area (Å²) < 4.78 is 0. The lowest BCUT2D eigenvalue weighted by Gasteiger charge is -2.38. The fraction of sp³-hybridized carbons (Fsp3) is 0.500. The quantitative estimate of drug-likeness (QED) is 0.707. The van der Waals surface area contributed by atoms with E-state index in [1.807, 2.05) is 32.1 Å². The van der Waals surface area contributed by atoms with Gasteiger partial charge in [-0.3, -0.25) is 14.6 Å². The van der Waals surface area contributed by atoms with Gasteiger partial charge in [-0.2, -0.15) is 0 Å². The Bertz CT molecular complexity index is 948. The van der Waals surface area contributed by atoms with Crippen molar-refractivity contribution in [2.75, 3.05) is 6.54 Å². The van der Waals surface area contributed by atoms with Gasteiger partial charge in [0.2, 0.25) is 0 Å². The summed E-state index contributed by atoms with van der Waals surface area (Å²) in [6, 6.07) is 5.54. The Hall–Kier alpha value is -2.76. The Labute approximate surface area is 178 Å². The molecule has 2 aliphatic carbocycles. The number of ketones is 1. The Kier molecular flexibility index (Phi) is 5.58. The maximum Gasteiger partial charge on any atom is 0.270 e. The van der Waals surface area contributed by atoms with Gasteiger partial charge in [0.1, 0.15) is 11.4 Å². The molecule has 2 heterocycles. The first-order chi connectivity index (χ1) is 14.4. The van der Waals surface area contributed by atoms with Gasteiger partial charge in [0, 0.05) is 29.6 Å². The van der Waals surface area contributed by atoms with Crippen molar-refractivity contribution < 1.29 is 9.59 Å². The minimum Gasteiger partial charge on any atom is -0.384 e. The van der Waals surface area contributed by atoms with Crippen molar-refractivity contribution in [2.24, 2.45) is 10.4 Å². The first kappa shape index (κ1) is 20.5. The molecule has 30 heavy (non-hydrogen) atoms. The Morgan fingerprint density at radius 3 is 2.87 bits per heavy atom. The number of aryl methyl sites for hydroxylation is 1. The number of carbonyl (C=O) groups is 2. The number of nitrogens with one attached hydrogen (secondary N) is 2. The van der Waals surface area contributed by atoms with Gasteiger partial charge in [-0.1, -0.05) is 24.6 Å². The zero-order chi connectivity index (χ0) is 21.2. The van der Waals surface area contributed by atoms with E-state index >= 15 is 0 Å². The van der Waals surface area contributed by atoms with E-state index in [9.17, 15) is 9.59 Å². The molecule has 4 rings (SSSR count). The van der Waals surface area contributed by atoms with E-state index in [1.165, 1.54) is 0 Å². The highest BCUT2D eigenvalue weighted by Gasteiger charge is 2.50. The van der Waals surface area contributed by atoms with Gasteiger partial charge in [-0.05, 0) is 63.5 Å². The molecule has 6 heteroatoms. The average Bonchev–Trinajstić information content (AvgIpc) is 2.97. The molecule has 2 N–H and O–H groups in total. The number of amides is 1. The minimum absolute atomic E-state index is 0.0353. The number of allylic oxidation sites excluding steroid dienone is 3. The smallest absolute Gasteiger partial charge is 0.270 e. The monoisotopic (exact) mass is 406 g/mol. The second-order valence-electron chi connectivity index (χ2n) is 9.08. The topological polar surface area (TPSA) is 83.5 Å². The fourth-order valence-corrected chi connectivity index (χ4v) is 5.15. The predicted octanol–water partition coefficient (Wildman–Crippen LogP) is 3.63. The van der Waals surface area contributed by atoms with E-state index in [-0.39, 0.29) is 22.6 Å². The summed E-state index contributed by atoms with van der Waals surface area (Å²) in [4.78, 5) is 34.0. The number of pyridine rings is 1. The summed E-state index contributed by atoms with van der Waals surface area (Å²) >= 11 is 0. The third-order valence-corrected chi connectivity index (χ3v) is 6.59. The van der Waals surface area contributed by atoms with Gasteiger partial charge in [0.25, 0.3) is 5.91 Å². The highest BCUT2D eigenvalue weighted by Crippen LogP contribution is 2.54. The van der Waals surface area contributed by atoms with Crippen molar-refractivity contribution >= 4 is 17.4 Å². The Morgan fingerprint density at radius 2 is 2.07 bits per heavy atom. The van der Waals surface area contributed by atoms with Crippen LogP contribution in [0.25, 0.3) is 0 Å². The van der Waals surface area contributed by atoms with Crippen LogP contribution in [0, 0.1) is 12.3 Å². The van der Waals surface area contributed by atoms with E-state index < -0.39 is 0 Å². The summed E-state index contributed by atoms with van der Waals surface area (Å²) in [5.41, 5.74) is 2.67. The molecule has 2 fully saturated rings. The van der Waals surface area contributed by atoms with Crippen LogP contribution in [0.3, 0.4) is 0 Å². The van der Waals surface area contributed by atoms with Gasteiger partial charge in [-0.15, -0.1) is 0 Å². The maximum atomic E-state index is 12.8. The summed E-state index contributed by atoms with van der Waals surface area (Å²) in [5, 5.41) is 6.40. The van der Waals surface area contributed by atoms with Crippen LogP contribution < -0.4 is 10.6 Å². The molecule has 0 radical (unpaired) electrons. The first-order valence-electron chi connectivity index (χ1n) is 10.8. The second-order valence-corrected chi connectivity index (χ2v) is 9.08. The van der Waals surface area contributed by atoms with Gasteiger partial charge < -0.3 is 10.6 Å². The molecule has 0 saturated heterocycles. The lowest BCUT2D eigenvalue weighted by Crippen LogP contribution is -2.49. The molecule has 158 valence electrons. The van der Waals surface area contributed by atoms with Crippen LogP contribution in [0.1, 0.15) is 68.1 Å². The number of rotatable bonds is 6. The Morgan fingerprint density at radius 1 is 1.20 bits per heavy atom. The molecule has 1 aromatic rings. The van der Waals surface area contributed by atoms with E-state index in [0.29, 0.717) is 24.4 Å². The minimum atomic E-state index is -0.160. The van der Waals surface area contributed by atoms with Crippen LogP contribution in [0.5, 0.6) is 0 Å². The number of aliphatic imine (C=N–C) groups is 1. The normalized spacial score (nSPS) is 27.9. The molecule has 0 unspecified atom stereocenters.